The molecular formula is C15H14Cl2FN. The van der Waals surface area contributed by atoms with Crippen molar-refractivity contribution in [3.63, 3.8) is 0 Å². The molecule has 2 rings (SSSR count). The molecule has 2 aromatic rings. The molecule has 0 saturated carbocycles. The summed E-state index contributed by atoms with van der Waals surface area (Å²) in [6.07, 6.45) is 0.517. The van der Waals surface area contributed by atoms with Crippen LogP contribution < -0.4 is 5.73 Å². The van der Waals surface area contributed by atoms with E-state index in [9.17, 15) is 4.39 Å². The Morgan fingerprint density at radius 1 is 1.11 bits per heavy atom. The second-order valence-corrected chi connectivity index (χ2v) is 5.67. The minimum Gasteiger partial charge on any atom is -0.321 e. The predicted octanol–water partition coefficient (Wildman–Crippen LogP) is 4.55. The number of nitrogens with two attached hydrogens (primary N) is 1. The standard InChI is InChI=1S/C15H14Cl2FN/c1-15(19,9-10-3-2-4-12(18)7-10)11-5-6-13(16)14(17)8-11/h2-8H,9,19H2,1H3. The van der Waals surface area contributed by atoms with Crippen molar-refractivity contribution in [1.29, 1.82) is 0 Å². The van der Waals surface area contributed by atoms with Crippen LogP contribution in [0.2, 0.25) is 10.0 Å². The summed E-state index contributed by atoms with van der Waals surface area (Å²) in [4.78, 5) is 0. The Bertz CT molecular complexity index is 596. The van der Waals surface area contributed by atoms with Crippen LogP contribution in [0.3, 0.4) is 0 Å². The number of halogens is 3. The Morgan fingerprint density at radius 2 is 1.84 bits per heavy atom. The van der Waals surface area contributed by atoms with E-state index in [-0.39, 0.29) is 5.82 Å². The van der Waals surface area contributed by atoms with Crippen LogP contribution in [0.4, 0.5) is 4.39 Å². The molecule has 2 N–H and O–H groups in total. The zero-order valence-corrected chi connectivity index (χ0v) is 12.0. The van der Waals surface area contributed by atoms with Crippen molar-refractivity contribution in [2.45, 2.75) is 18.9 Å². The zero-order chi connectivity index (χ0) is 14.0. The normalized spacial score (nSPS) is 14.2. The van der Waals surface area contributed by atoms with E-state index in [1.54, 1.807) is 18.2 Å². The van der Waals surface area contributed by atoms with Gasteiger partial charge in [0.05, 0.1) is 10.0 Å². The summed E-state index contributed by atoms with van der Waals surface area (Å²) in [7, 11) is 0. The lowest BCUT2D eigenvalue weighted by Gasteiger charge is -2.26. The highest BCUT2D eigenvalue weighted by molar-refractivity contribution is 6.42. The second-order valence-electron chi connectivity index (χ2n) is 4.85. The number of rotatable bonds is 3. The first-order chi connectivity index (χ1) is 8.88. The van der Waals surface area contributed by atoms with E-state index >= 15 is 0 Å². The molecule has 0 aliphatic rings. The first-order valence-corrected chi connectivity index (χ1v) is 6.63. The van der Waals surface area contributed by atoms with Crippen LogP contribution in [0.25, 0.3) is 0 Å². The lowest BCUT2D eigenvalue weighted by molar-refractivity contribution is 0.489. The molecule has 2 aromatic carbocycles. The summed E-state index contributed by atoms with van der Waals surface area (Å²) in [6.45, 7) is 1.89. The maximum Gasteiger partial charge on any atom is 0.123 e. The fraction of sp³-hybridized carbons (Fsp3) is 0.200. The minimum absolute atomic E-state index is 0.262. The largest absolute Gasteiger partial charge is 0.321 e. The number of hydrogen-bond acceptors (Lipinski definition) is 1. The fourth-order valence-electron chi connectivity index (χ4n) is 2.02. The van der Waals surface area contributed by atoms with Gasteiger partial charge in [0.25, 0.3) is 0 Å². The molecule has 0 fully saturated rings. The molecule has 0 saturated heterocycles. The highest BCUT2D eigenvalue weighted by atomic mass is 35.5. The van der Waals surface area contributed by atoms with Crippen molar-refractivity contribution in [3.8, 4) is 0 Å². The van der Waals surface area contributed by atoms with Crippen molar-refractivity contribution in [2.75, 3.05) is 0 Å². The molecular weight excluding hydrogens is 284 g/mol. The first kappa shape index (κ1) is 14.3. The molecule has 19 heavy (non-hydrogen) atoms. The Balaban J connectivity index is 2.29. The van der Waals surface area contributed by atoms with Gasteiger partial charge in [-0.1, -0.05) is 41.4 Å². The van der Waals surface area contributed by atoms with E-state index in [1.807, 2.05) is 19.1 Å². The molecule has 1 nitrogen and oxygen atoms in total. The third-order valence-corrected chi connectivity index (χ3v) is 3.78. The van der Waals surface area contributed by atoms with Gasteiger partial charge >= 0.3 is 0 Å². The summed E-state index contributed by atoms with van der Waals surface area (Å²) < 4.78 is 13.2. The average molecular weight is 298 g/mol. The molecule has 0 aromatic heterocycles. The van der Waals surface area contributed by atoms with Crippen LogP contribution in [-0.2, 0) is 12.0 Å². The van der Waals surface area contributed by atoms with Gasteiger partial charge in [-0.05, 0) is 48.7 Å². The SMILES string of the molecule is CC(N)(Cc1cccc(F)c1)c1ccc(Cl)c(Cl)c1. The lowest BCUT2D eigenvalue weighted by atomic mass is 9.86. The highest BCUT2D eigenvalue weighted by Crippen LogP contribution is 2.29. The molecule has 0 spiro atoms. The second kappa shape index (κ2) is 5.49. The van der Waals surface area contributed by atoms with Crippen molar-refractivity contribution >= 4 is 23.2 Å². The van der Waals surface area contributed by atoms with Crippen LogP contribution in [0.1, 0.15) is 18.1 Å². The van der Waals surface area contributed by atoms with E-state index in [0.29, 0.717) is 16.5 Å². The number of benzene rings is 2. The Morgan fingerprint density at radius 3 is 2.47 bits per heavy atom. The van der Waals surface area contributed by atoms with Gasteiger partial charge in [0, 0.05) is 5.54 Å². The molecule has 4 heteroatoms. The zero-order valence-electron chi connectivity index (χ0n) is 10.5. The third-order valence-electron chi connectivity index (χ3n) is 3.04. The van der Waals surface area contributed by atoms with Gasteiger partial charge in [-0.25, -0.2) is 4.39 Å². The van der Waals surface area contributed by atoms with Gasteiger partial charge in [-0.2, -0.15) is 0 Å². The van der Waals surface area contributed by atoms with Crippen molar-refractivity contribution < 1.29 is 4.39 Å². The Hall–Kier alpha value is -1.09. The third kappa shape index (κ3) is 3.47. The van der Waals surface area contributed by atoms with E-state index < -0.39 is 5.54 Å². The Kier molecular flexibility index (Phi) is 4.14. The van der Waals surface area contributed by atoms with Gasteiger partial charge in [-0.15, -0.1) is 0 Å². The highest BCUT2D eigenvalue weighted by Gasteiger charge is 2.22. The topological polar surface area (TPSA) is 26.0 Å². The quantitative estimate of drug-likeness (QED) is 0.884. The van der Waals surface area contributed by atoms with Crippen LogP contribution in [0, 0.1) is 5.82 Å². The van der Waals surface area contributed by atoms with Crippen LogP contribution in [-0.4, -0.2) is 0 Å². The molecule has 1 unspecified atom stereocenters. The summed E-state index contributed by atoms with van der Waals surface area (Å²) in [5, 5.41) is 0.960. The van der Waals surface area contributed by atoms with Crippen molar-refractivity contribution in [3.05, 3.63) is 69.5 Å². The van der Waals surface area contributed by atoms with E-state index in [0.717, 1.165) is 11.1 Å². The smallest absolute Gasteiger partial charge is 0.123 e. The maximum absolute atomic E-state index is 13.2. The summed E-state index contributed by atoms with van der Waals surface area (Å²) in [6, 6.07) is 11.7. The Labute approximate surface area is 122 Å². The van der Waals surface area contributed by atoms with Crippen LogP contribution in [0.5, 0.6) is 0 Å². The van der Waals surface area contributed by atoms with Crippen LogP contribution in [0.15, 0.2) is 42.5 Å². The maximum atomic E-state index is 13.2. The lowest BCUT2D eigenvalue weighted by Crippen LogP contribution is -2.35. The van der Waals surface area contributed by atoms with Gasteiger partial charge in [0.2, 0.25) is 0 Å². The van der Waals surface area contributed by atoms with Crippen molar-refractivity contribution in [2.24, 2.45) is 5.73 Å². The van der Waals surface area contributed by atoms with Gasteiger partial charge in [0.1, 0.15) is 5.82 Å². The molecule has 0 amide bonds. The fourth-order valence-corrected chi connectivity index (χ4v) is 2.32. The van der Waals surface area contributed by atoms with E-state index in [1.165, 1.54) is 12.1 Å². The summed E-state index contributed by atoms with van der Waals surface area (Å²) >= 11 is 11.9. The predicted molar refractivity (Wildman–Crippen MR) is 78.1 cm³/mol. The summed E-state index contributed by atoms with van der Waals surface area (Å²) in [5.74, 6) is -0.262. The van der Waals surface area contributed by atoms with E-state index in [4.69, 9.17) is 28.9 Å². The minimum atomic E-state index is -0.637. The molecule has 0 aliphatic carbocycles. The monoisotopic (exact) mass is 297 g/mol. The van der Waals surface area contributed by atoms with Gasteiger partial charge in [-0.3, -0.25) is 0 Å². The molecule has 0 radical (unpaired) electrons. The molecule has 0 heterocycles. The van der Waals surface area contributed by atoms with Gasteiger partial charge < -0.3 is 5.73 Å². The molecule has 100 valence electrons. The average Bonchev–Trinajstić information content (AvgIpc) is 2.32. The molecule has 0 bridgehead atoms. The molecule has 0 aliphatic heterocycles. The summed E-state index contributed by atoms with van der Waals surface area (Å²) in [5.41, 5.74) is 7.39. The first-order valence-electron chi connectivity index (χ1n) is 5.87. The van der Waals surface area contributed by atoms with Gasteiger partial charge in [0.15, 0.2) is 0 Å². The van der Waals surface area contributed by atoms with E-state index in [2.05, 4.69) is 0 Å². The molecule has 1 atom stereocenters. The number of hydrogen-bond donors (Lipinski definition) is 1. The van der Waals surface area contributed by atoms with Crippen molar-refractivity contribution in [1.82, 2.24) is 0 Å². The van der Waals surface area contributed by atoms with Crippen LogP contribution >= 0.6 is 23.2 Å².